The van der Waals surface area contributed by atoms with Crippen molar-refractivity contribution in [3.63, 3.8) is 0 Å². The molecule has 0 aliphatic carbocycles. The maximum Gasteiger partial charge on any atom is 0.229 e. The smallest absolute Gasteiger partial charge is 0.229 e. The number of phenolic OH excluding ortho intramolecular Hbond substituents is 3. The van der Waals surface area contributed by atoms with Crippen LogP contribution in [0.2, 0.25) is 0 Å². The minimum atomic E-state index is -1.85. The van der Waals surface area contributed by atoms with Crippen LogP contribution in [0.3, 0.4) is 0 Å². The summed E-state index contributed by atoms with van der Waals surface area (Å²) in [6, 6.07) is 6.48. The lowest BCUT2D eigenvalue weighted by Gasteiger charge is -2.36. The second-order valence-corrected chi connectivity index (χ2v) is 9.32. The Morgan fingerprint density at radius 3 is 1.77 bits per heavy atom. The summed E-state index contributed by atoms with van der Waals surface area (Å²) in [5.74, 6) is -3.71. The van der Waals surface area contributed by atoms with Gasteiger partial charge in [0.2, 0.25) is 29.8 Å². The van der Waals surface area contributed by atoms with Gasteiger partial charge in [-0.15, -0.1) is 0 Å². The average Bonchev–Trinajstić information content (AvgIpc) is 2.93. The first kappa shape index (κ1) is 27.9. The number of fused-ring (bicyclic) bond motifs is 1. The van der Waals surface area contributed by atoms with Crippen molar-refractivity contribution in [1.29, 1.82) is 0 Å². The molecule has 0 bridgehead atoms. The Morgan fingerprint density at radius 1 is 0.700 bits per heavy atom. The molecular weight excluding hydrogens is 540 g/mol. The number of hydrogen-bond acceptors (Lipinski definition) is 15. The van der Waals surface area contributed by atoms with Crippen molar-refractivity contribution < 1.29 is 69.3 Å². The zero-order chi connectivity index (χ0) is 28.9. The standard InChI is InChI=1S/C25H26O15/c26-9-3-1-8(2-4-9)13-5-10(27)14-17(32)22(39-24-18(33)15(30)11(28)6-36-24)20(35)23(21(14)38-13)40-25-19(34)16(31)12(29)7-37-25/h1-5,11-12,15-16,18-19,24-26,28-35H,6-7H2/t11-,12-,15+,16-,18+,19-,24+,25+/m1/s1. The molecule has 1 aromatic heterocycles. The highest BCUT2D eigenvalue weighted by Gasteiger charge is 2.42. The van der Waals surface area contributed by atoms with E-state index in [0.717, 1.165) is 6.07 Å². The largest absolute Gasteiger partial charge is 0.508 e. The van der Waals surface area contributed by atoms with Crippen LogP contribution in [0.25, 0.3) is 22.3 Å². The zero-order valence-corrected chi connectivity index (χ0v) is 20.4. The molecule has 15 heteroatoms. The Morgan fingerprint density at radius 2 is 1.23 bits per heavy atom. The summed E-state index contributed by atoms with van der Waals surface area (Å²) in [6.07, 6.45) is -13.5. The van der Waals surface area contributed by atoms with Crippen molar-refractivity contribution in [2.75, 3.05) is 13.2 Å². The molecule has 0 radical (unpaired) electrons. The van der Waals surface area contributed by atoms with Crippen LogP contribution >= 0.6 is 0 Å². The van der Waals surface area contributed by atoms with E-state index in [4.69, 9.17) is 23.4 Å². The molecule has 0 unspecified atom stereocenters. The van der Waals surface area contributed by atoms with Gasteiger partial charge in [0.1, 0.15) is 53.5 Å². The van der Waals surface area contributed by atoms with E-state index < -0.39 is 102 Å². The molecule has 0 amide bonds. The fraction of sp³-hybridized carbons (Fsp3) is 0.400. The van der Waals surface area contributed by atoms with E-state index in [2.05, 4.69) is 0 Å². The van der Waals surface area contributed by atoms with Crippen LogP contribution in [0.4, 0.5) is 0 Å². The third-order valence-electron chi connectivity index (χ3n) is 6.56. The van der Waals surface area contributed by atoms with Crippen molar-refractivity contribution >= 4 is 11.0 Å². The van der Waals surface area contributed by atoms with E-state index in [1.807, 2.05) is 0 Å². The van der Waals surface area contributed by atoms with Crippen LogP contribution < -0.4 is 14.9 Å². The number of aromatic hydroxyl groups is 3. The molecule has 3 aromatic rings. The molecule has 2 aromatic carbocycles. The van der Waals surface area contributed by atoms with Crippen molar-refractivity contribution in [2.45, 2.75) is 49.2 Å². The summed E-state index contributed by atoms with van der Waals surface area (Å²) >= 11 is 0. The number of ether oxygens (including phenoxy) is 4. The van der Waals surface area contributed by atoms with Gasteiger partial charge in [0, 0.05) is 11.6 Å². The Bertz CT molecular complexity index is 1440. The van der Waals surface area contributed by atoms with Crippen LogP contribution in [-0.2, 0) is 9.47 Å². The van der Waals surface area contributed by atoms with E-state index >= 15 is 0 Å². The molecule has 216 valence electrons. The summed E-state index contributed by atoms with van der Waals surface area (Å²) in [6.45, 7) is -0.962. The zero-order valence-electron chi connectivity index (χ0n) is 20.4. The minimum absolute atomic E-state index is 0.0677. The predicted octanol–water partition coefficient (Wildman–Crippen LogP) is -1.79. The van der Waals surface area contributed by atoms with E-state index in [1.165, 1.54) is 24.3 Å². The van der Waals surface area contributed by atoms with Crippen LogP contribution in [0.5, 0.6) is 28.7 Å². The SMILES string of the molecule is O=c1cc(-c2ccc(O)cc2)oc2c(O[C@@H]3OC[C@@H](O)[C@@H](O)[C@H]3O)c(O)c(O[C@@H]3OC[C@@H](O)[C@H](O)[C@@H]3O)c(O)c12. The molecule has 5 rings (SSSR count). The van der Waals surface area contributed by atoms with Gasteiger partial charge in [0.05, 0.1) is 13.2 Å². The van der Waals surface area contributed by atoms with Crippen molar-refractivity contribution in [3.8, 4) is 40.1 Å². The lowest BCUT2D eigenvalue weighted by Crippen LogP contribution is -2.55. The number of hydrogen-bond donors (Lipinski definition) is 9. The molecule has 8 atom stereocenters. The lowest BCUT2D eigenvalue weighted by atomic mass is 10.1. The van der Waals surface area contributed by atoms with Gasteiger partial charge in [0.25, 0.3) is 0 Å². The summed E-state index contributed by atoms with van der Waals surface area (Å²) in [7, 11) is 0. The number of aliphatic hydroxyl groups is 6. The van der Waals surface area contributed by atoms with Gasteiger partial charge in [-0.25, -0.2) is 0 Å². The highest BCUT2D eigenvalue weighted by Crippen LogP contribution is 2.51. The molecule has 15 nitrogen and oxygen atoms in total. The second kappa shape index (κ2) is 10.7. The molecule has 2 fully saturated rings. The minimum Gasteiger partial charge on any atom is -0.508 e. The van der Waals surface area contributed by atoms with Crippen molar-refractivity contribution in [2.24, 2.45) is 0 Å². The summed E-state index contributed by atoms with van der Waals surface area (Å²) in [5, 5.41) is 91.2. The van der Waals surface area contributed by atoms with Gasteiger partial charge in [-0.1, -0.05) is 0 Å². The summed E-state index contributed by atoms with van der Waals surface area (Å²) < 4.78 is 27.2. The summed E-state index contributed by atoms with van der Waals surface area (Å²) in [4.78, 5) is 13.2. The maximum absolute atomic E-state index is 13.2. The monoisotopic (exact) mass is 566 g/mol. The first-order valence-corrected chi connectivity index (χ1v) is 12.0. The molecule has 2 saturated heterocycles. The Labute approximate surface area is 223 Å². The topological polar surface area (TPSA) is 249 Å². The third-order valence-corrected chi connectivity index (χ3v) is 6.56. The molecule has 9 N–H and O–H groups in total. The molecule has 0 saturated carbocycles. The van der Waals surface area contributed by atoms with Gasteiger partial charge in [0.15, 0.2) is 16.8 Å². The quantitative estimate of drug-likeness (QED) is 0.165. The maximum atomic E-state index is 13.2. The second-order valence-electron chi connectivity index (χ2n) is 9.32. The van der Waals surface area contributed by atoms with E-state index in [9.17, 15) is 50.8 Å². The van der Waals surface area contributed by atoms with Gasteiger partial charge < -0.3 is 69.3 Å². The number of aliphatic hydroxyl groups excluding tert-OH is 6. The molecule has 2 aliphatic rings. The van der Waals surface area contributed by atoms with Crippen molar-refractivity contribution in [3.05, 3.63) is 40.6 Å². The lowest BCUT2D eigenvalue weighted by molar-refractivity contribution is -0.243. The van der Waals surface area contributed by atoms with Gasteiger partial charge in [-0.2, -0.15) is 0 Å². The molecule has 0 spiro atoms. The van der Waals surface area contributed by atoms with Crippen LogP contribution in [0.1, 0.15) is 0 Å². The number of phenols is 3. The highest BCUT2D eigenvalue weighted by atomic mass is 16.7. The molecule has 3 heterocycles. The van der Waals surface area contributed by atoms with Crippen molar-refractivity contribution in [1.82, 2.24) is 0 Å². The Balaban J connectivity index is 1.66. The van der Waals surface area contributed by atoms with E-state index in [0.29, 0.717) is 5.56 Å². The van der Waals surface area contributed by atoms with Crippen LogP contribution in [0.15, 0.2) is 39.5 Å². The number of benzene rings is 2. The Kier molecular flexibility index (Phi) is 7.47. The fourth-order valence-electron chi connectivity index (χ4n) is 4.30. The first-order valence-electron chi connectivity index (χ1n) is 12.0. The van der Waals surface area contributed by atoms with Crippen LogP contribution in [-0.4, -0.2) is 108 Å². The van der Waals surface area contributed by atoms with Gasteiger partial charge in [-0.3, -0.25) is 4.79 Å². The Hall–Kier alpha value is -3.67. The van der Waals surface area contributed by atoms with Gasteiger partial charge >= 0.3 is 0 Å². The van der Waals surface area contributed by atoms with E-state index in [1.54, 1.807) is 0 Å². The highest BCUT2D eigenvalue weighted by molar-refractivity contribution is 5.95. The summed E-state index contributed by atoms with van der Waals surface area (Å²) in [5.41, 5.74) is -1.10. The van der Waals surface area contributed by atoms with E-state index in [-0.39, 0.29) is 11.5 Å². The molecule has 2 aliphatic heterocycles. The molecular formula is C25H26O15. The predicted molar refractivity (Wildman–Crippen MR) is 130 cm³/mol. The third kappa shape index (κ3) is 4.89. The number of rotatable bonds is 5. The average molecular weight is 566 g/mol. The van der Waals surface area contributed by atoms with Crippen LogP contribution in [0, 0.1) is 0 Å². The van der Waals surface area contributed by atoms with Gasteiger partial charge in [-0.05, 0) is 24.3 Å². The fourth-order valence-corrected chi connectivity index (χ4v) is 4.30. The first-order chi connectivity index (χ1) is 19.0. The molecule has 40 heavy (non-hydrogen) atoms. The normalized spacial score (nSPS) is 30.8.